The van der Waals surface area contributed by atoms with Gasteiger partial charge in [0.25, 0.3) is 0 Å². The van der Waals surface area contributed by atoms with Gasteiger partial charge in [0.15, 0.2) is 0 Å². The first-order valence-corrected chi connectivity index (χ1v) is 7.10. The molecule has 0 aliphatic carbocycles. The Morgan fingerprint density at radius 1 is 1.00 bits per heavy atom. The van der Waals surface area contributed by atoms with Gasteiger partial charge in [0, 0.05) is 23.5 Å². The van der Waals surface area contributed by atoms with Crippen molar-refractivity contribution in [1.82, 2.24) is 0 Å². The highest BCUT2D eigenvalue weighted by Gasteiger charge is 2.29. The van der Waals surface area contributed by atoms with Crippen LogP contribution in [0.1, 0.15) is 17.0 Å². The molecule has 0 aromatic heterocycles. The maximum atomic E-state index is 3.69. The predicted molar refractivity (Wildman–Crippen MR) is 80.3 cm³/mol. The summed E-state index contributed by atoms with van der Waals surface area (Å²) in [6.45, 7) is 4.38. The van der Waals surface area contributed by atoms with Crippen LogP contribution in [0.25, 0.3) is 0 Å². The van der Waals surface area contributed by atoms with Crippen LogP contribution in [0.4, 0.5) is 5.69 Å². The Kier molecular flexibility index (Phi) is 3.13. The Labute approximate surface area is 117 Å². The average Bonchev–Trinajstić information content (AvgIpc) is 2.34. The topological polar surface area (TPSA) is 3.24 Å². The molecule has 2 aromatic carbocycles. The summed E-state index contributed by atoms with van der Waals surface area (Å²) in [5, 5.41) is 0. The second kappa shape index (κ2) is 4.77. The number of rotatable bonds is 2. The van der Waals surface area contributed by atoms with Crippen molar-refractivity contribution in [3.05, 3.63) is 64.1 Å². The molecule has 0 radical (unpaired) electrons. The highest BCUT2D eigenvalue weighted by molar-refractivity contribution is 9.10. The molecule has 0 amide bonds. The molecule has 0 atom stereocenters. The number of hydrogen-bond acceptors (Lipinski definition) is 1. The first kappa shape index (κ1) is 11.8. The lowest BCUT2D eigenvalue weighted by molar-refractivity contribution is 0.524. The van der Waals surface area contributed by atoms with Crippen molar-refractivity contribution in [2.75, 3.05) is 18.0 Å². The molecule has 92 valence electrons. The highest BCUT2D eigenvalue weighted by atomic mass is 79.9. The van der Waals surface area contributed by atoms with Gasteiger partial charge in [-0.05, 0) is 40.0 Å². The van der Waals surface area contributed by atoms with Crippen molar-refractivity contribution in [2.45, 2.75) is 12.8 Å². The second-order valence-corrected chi connectivity index (χ2v) is 5.71. The Morgan fingerprint density at radius 3 is 2.44 bits per heavy atom. The van der Waals surface area contributed by atoms with E-state index in [0.29, 0.717) is 5.92 Å². The van der Waals surface area contributed by atoms with E-state index in [-0.39, 0.29) is 0 Å². The van der Waals surface area contributed by atoms with Crippen LogP contribution in [-0.4, -0.2) is 13.1 Å². The third-order valence-electron chi connectivity index (χ3n) is 3.66. The predicted octanol–water partition coefficient (Wildman–Crippen LogP) is 4.36. The van der Waals surface area contributed by atoms with Gasteiger partial charge in [-0.2, -0.15) is 0 Å². The SMILES string of the molecule is Cc1cccc(N2CC(c3ccccc3)C2)c1Br. The standard InChI is InChI=1S/C16H16BrN/c1-12-6-5-9-15(16(12)17)18-10-14(11-18)13-7-3-2-4-8-13/h2-9,14H,10-11H2,1H3. The third kappa shape index (κ3) is 2.05. The summed E-state index contributed by atoms with van der Waals surface area (Å²) in [6.07, 6.45) is 0. The van der Waals surface area contributed by atoms with Crippen molar-refractivity contribution in [2.24, 2.45) is 0 Å². The Bertz CT molecular complexity index is 544. The Hall–Kier alpha value is -1.28. The van der Waals surface area contributed by atoms with Gasteiger partial charge in [0.2, 0.25) is 0 Å². The lowest BCUT2D eigenvalue weighted by Gasteiger charge is -2.42. The van der Waals surface area contributed by atoms with Crippen molar-refractivity contribution >= 4 is 21.6 Å². The third-order valence-corrected chi connectivity index (χ3v) is 4.70. The fourth-order valence-electron chi connectivity index (χ4n) is 2.49. The van der Waals surface area contributed by atoms with Crippen LogP contribution in [0.3, 0.4) is 0 Å². The van der Waals surface area contributed by atoms with E-state index in [2.05, 4.69) is 76.3 Å². The van der Waals surface area contributed by atoms with E-state index in [1.54, 1.807) is 0 Å². The zero-order chi connectivity index (χ0) is 12.5. The van der Waals surface area contributed by atoms with Crippen molar-refractivity contribution < 1.29 is 0 Å². The van der Waals surface area contributed by atoms with E-state index in [1.807, 2.05) is 0 Å². The molecule has 2 heteroatoms. The molecule has 1 aliphatic heterocycles. The minimum atomic E-state index is 0.679. The van der Waals surface area contributed by atoms with E-state index in [1.165, 1.54) is 21.3 Å². The van der Waals surface area contributed by atoms with Gasteiger partial charge in [-0.15, -0.1) is 0 Å². The molecular formula is C16H16BrN. The van der Waals surface area contributed by atoms with Gasteiger partial charge < -0.3 is 4.90 Å². The van der Waals surface area contributed by atoms with Crippen LogP contribution in [0.2, 0.25) is 0 Å². The summed E-state index contributed by atoms with van der Waals surface area (Å²) in [7, 11) is 0. The quantitative estimate of drug-likeness (QED) is 0.796. The maximum absolute atomic E-state index is 3.69. The van der Waals surface area contributed by atoms with Gasteiger partial charge in [-0.1, -0.05) is 42.5 Å². The molecule has 1 heterocycles. The molecular weight excluding hydrogens is 286 g/mol. The van der Waals surface area contributed by atoms with Crippen molar-refractivity contribution in [1.29, 1.82) is 0 Å². The molecule has 1 fully saturated rings. The summed E-state index contributed by atoms with van der Waals surface area (Å²) in [6, 6.07) is 17.3. The fraction of sp³-hybridized carbons (Fsp3) is 0.250. The average molecular weight is 302 g/mol. The molecule has 1 nitrogen and oxygen atoms in total. The summed E-state index contributed by atoms with van der Waals surface area (Å²) in [5.41, 5.74) is 4.08. The van der Waals surface area contributed by atoms with Crippen LogP contribution in [0.5, 0.6) is 0 Å². The van der Waals surface area contributed by atoms with Crippen LogP contribution in [0, 0.1) is 6.92 Å². The summed E-state index contributed by atoms with van der Waals surface area (Å²) in [5.74, 6) is 0.679. The number of anilines is 1. The van der Waals surface area contributed by atoms with E-state index < -0.39 is 0 Å². The van der Waals surface area contributed by atoms with Gasteiger partial charge in [0.1, 0.15) is 0 Å². The first-order chi connectivity index (χ1) is 8.75. The van der Waals surface area contributed by atoms with Gasteiger partial charge in [-0.25, -0.2) is 0 Å². The molecule has 0 saturated carbocycles. The Morgan fingerprint density at radius 2 is 1.72 bits per heavy atom. The smallest absolute Gasteiger partial charge is 0.0513 e. The number of nitrogens with zero attached hydrogens (tertiary/aromatic N) is 1. The normalized spacial score (nSPS) is 15.6. The minimum Gasteiger partial charge on any atom is -0.369 e. The first-order valence-electron chi connectivity index (χ1n) is 6.30. The molecule has 18 heavy (non-hydrogen) atoms. The maximum Gasteiger partial charge on any atom is 0.0513 e. The Balaban J connectivity index is 1.74. The number of halogens is 1. The van der Waals surface area contributed by atoms with Gasteiger partial charge in [0.05, 0.1) is 5.69 Å². The largest absolute Gasteiger partial charge is 0.369 e. The lowest BCUT2D eigenvalue weighted by Crippen LogP contribution is -2.45. The van der Waals surface area contributed by atoms with Crippen LogP contribution < -0.4 is 4.90 Å². The van der Waals surface area contributed by atoms with Crippen LogP contribution in [0.15, 0.2) is 53.0 Å². The van der Waals surface area contributed by atoms with Crippen LogP contribution in [-0.2, 0) is 0 Å². The molecule has 0 unspecified atom stereocenters. The lowest BCUT2D eigenvalue weighted by atomic mass is 9.91. The zero-order valence-corrected chi connectivity index (χ0v) is 12.0. The number of benzene rings is 2. The molecule has 0 N–H and O–H groups in total. The summed E-state index contributed by atoms with van der Waals surface area (Å²) < 4.78 is 1.23. The van der Waals surface area contributed by atoms with Gasteiger partial charge >= 0.3 is 0 Å². The van der Waals surface area contributed by atoms with E-state index >= 15 is 0 Å². The number of aryl methyl sites for hydroxylation is 1. The fourth-order valence-corrected chi connectivity index (χ4v) is 3.00. The van der Waals surface area contributed by atoms with Gasteiger partial charge in [-0.3, -0.25) is 0 Å². The molecule has 3 rings (SSSR count). The molecule has 0 spiro atoms. The zero-order valence-electron chi connectivity index (χ0n) is 10.4. The molecule has 2 aromatic rings. The second-order valence-electron chi connectivity index (χ2n) is 4.92. The summed E-state index contributed by atoms with van der Waals surface area (Å²) in [4.78, 5) is 2.44. The molecule has 1 aliphatic rings. The number of hydrogen-bond donors (Lipinski definition) is 0. The van der Waals surface area contributed by atoms with E-state index in [9.17, 15) is 0 Å². The molecule has 0 bridgehead atoms. The van der Waals surface area contributed by atoms with E-state index in [4.69, 9.17) is 0 Å². The monoisotopic (exact) mass is 301 g/mol. The summed E-state index contributed by atoms with van der Waals surface area (Å²) >= 11 is 3.69. The molecule has 1 saturated heterocycles. The van der Waals surface area contributed by atoms with Crippen LogP contribution >= 0.6 is 15.9 Å². The van der Waals surface area contributed by atoms with Crippen molar-refractivity contribution in [3.8, 4) is 0 Å². The highest BCUT2D eigenvalue weighted by Crippen LogP contribution is 2.36. The van der Waals surface area contributed by atoms with E-state index in [0.717, 1.165) is 13.1 Å². The van der Waals surface area contributed by atoms with Crippen molar-refractivity contribution in [3.63, 3.8) is 0 Å². The minimum absolute atomic E-state index is 0.679.